The summed E-state index contributed by atoms with van der Waals surface area (Å²) in [6.07, 6.45) is 1.06. The van der Waals surface area contributed by atoms with E-state index >= 15 is 0 Å². The Morgan fingerprint density at radius 2 is 1.86 bits per heavy atom. The van der Waals surface area contributed by atoms with Crippen LogP contribution in [0.1, 0.15) is 36.1 Å². The number of halogens is 1. The fourth-order valence-corrected chi connectivity index (χ4v) is 2.90. The highest BCUT2D eigenvalue weighted by Gasteiger charge is 2.10. The van der Waals surface area contributed by atoms with E-state index in [1.165, 1.54) is 16.7 Å². The fourth-order valence-electron chi connectivity index (χ4n) is 2.48. The Kier molecular flexibility index (Phi) is 6.43. The fraction of sp³-hybridized carbons (Fsp3) is 0.333. The van der Waals surface area contributed by atoms with Gasteiger partial charge in [0.1, 0.15) is 0 Å². The lowest BCUT2D eigenvalue weighted by atomic mass is 10.0. The monoisotopic (exact) mass is 347 g/mol. The van der Waals surface area contributed by atoms with Crippen molar-refractivity contribution < 1.29 is 4.74 Å². The SMILES string of the molecule is CCC(NCc1ccccc1COC)c1cccc(Br)c1. The molecule has 2 nitrogen and oxygen atoms in total. The second-order valence-corrected chi connectivity index (χ2v) is 6.01. The maximum atomic E-state index is 5.27. The Hall–Kier alpha value is -1.16. The number of hydrogen-bond donors (Lipinski definition) is 1. The lowest BCUT2D eigenvalue weighted by Gasteiger charge is -2.19. The molecule has 0 aliphatic carbocycles. The van der Waals surface area contributed by atoms with Gasteiger partial charge in [0.15, 0.2) is 0 Å². The first kappa shape index (κ1) is 16.2. The standard InChI is InChI=1S/C18H22BrNO/c1-3-18(14-9-6-10-17(19)11-14)20-12-15-7-4-5-8-16(15)13-21-2/h4-11,18,20H,3,12-13H2,1-2H3. The number of hydrogen-bond acceptors (Lipinski definition) is 2. The predicted octanol–water partition coefficient (Wildman–Crippen LogP) is 4.84. The summed E-state index contributed by atoms with van der Waals surface area (Å²) in [5, 5.41) is 3.65. The molecule has 1 atom stereocenters. The van der Waals surface area contributed by atoms with Gasteiger partial charge in [0.05, 0.1) is 6.61 Å². The number of benzene rings is 2. The highest BCUT2D eigenvalue weighted by atomic mass is 79.9. The number of methoxy groups -OCH3 is 1. The van der Waals surface area contributed by atoms with Crippen molar-refractivity contribution in [2.75, 3.05) is 7.11 Å². The zero-order chi connectivity index (χ0) is 15.1. The summed E-state index contributed by atoms with van der Waals surface area (Å²) in [4.78, 5) is 0. The van der Waals surface area contributed by atoms with Gasteiger partial charge in [-0.1, -0.05) is 59.3 Å². The van der Waals surface area contributed by atoms with Crippen LogP contribution in [0.4, 0.5) is 0 Å². The summed E-state index contributed by atoms with van der Waals surface area (Å²) in [6.45, 7) is 3.72. The molecule has 0 saturated heterocycles. The summed E-state index contributed by atoms with van der Waals surface area (Å²) >= 11 is 3.54. The van der Waals surface area contributed by atoms with Gasteiger partial charge in [-0.15, -0.1) is 0 Å². The van der Waals surface area contributed by atoms with Crippen molar-refractivity contribution in [1.29, 1.82) is 0 Å². The highest BCUT2D eigenvalue weighted by molar-refractivity contribution is 9.10. The quantitative estimate of drug-likeness (QED) is 0.773. The smallest absolute Gasteiger partial charge is 0.0716 e. The second-order valence-electron chi connectivity index (χ2n) is 5.10. The minimum Gasteiger partial charge on any atom is -0.380 e. The average molecular weight is 348 g/mol. The molecule has 0 aliphatic heterocycles. The van der Waals surface area contributed by atoms with Crippen molar-refractivity contribution >= 4 is 15.9 Å². The topological polar surface area (TPSA) is 21.3 Å². The van der Waals surface area contributed by atoms with Gasteiger partial charge in [-0.3, -0.25) is 0 Å². The van der Waals surface area contributed by atoms with Crippen LogP contribution in [0.3, 0.4) is 0 Å². The predicted molar refractivity (Wildman–Crippen MR) is 91.2 cm³/mol. The molecular weight excluding hydrogens is 326 g/mol. The molecule has 2 aromatic carbocycles. The minimum atomic E-state index is 0.359. The molecule has 1 N–H and O–H groups in total. The molecule has 0 aliphatic rings. The maximum absolute atomic E-state index is 5.27. The largest absolute Gasteiger partial charge is 0.380 e. The van der Waals surface area contributed by atoms with E-state index in [1.54, 1.807) is 7.11 Å². The molecule has 0 heterocycles. The zero-order valence-corrected chi connectivity index (χ0v) is 14.2. The van der Waals surface area contributed by atoms with E-state index in [9.17, 15) is 0 Å². The first-order valence-corrected chi connectivity index (χ1v) is 8.08. The summed E-state index contributed by atoms with van der Waals surface area (Å²) in [7, 11) is 1.74. The van der Waals surface area contributed by atoms with Crippen LogP contribution in [-0.2, 0) is 17.9 Å². The molecule has 0 fully saturated rings. The molecule has 21 heavy (non-hydrogen) atoms. The van der Waals surface area contributed by atoms with E-state index in [0.717, 1.165) is 17.4 Å². The lowest BCUT2D eigenvalue weighted by molar-refractivity contribution is 0.184. The van der Waals surface area contributed by atoms with Crippen molar-refractivity contribution in [3.8, 4) is 0 Å². The Morgan fingerprint density at radius 1 is 1.10 bits per heavy atom. The number of nitrogens with one attached hydrogen (secondary N) is 1. The minimum absolute atomic E-state index is 0.359. The van der Waals surface area contributed by atoms with Crippen molar-refractivity contribution in [3.05, 3.63) is 69.7 Å². The van der Waals surface area contributed by atoms with Gasteiger partial charge in [-0.25, -0.2) is 0 Å². The maximum Gasteiger partial charge on any atom is 0.0716 e. The first-order chi connectivity index (χ1) is 10.2. The molecule has 0 spiro atoms. The van der Waals surface area contributed by atoms with E-state index < -0.39 is 0 Å². The van der Waals surface area contributed by atoms with Crippen LogP contribution in [0.25, 0.3) is 0 Å². The van der Waals surface area contributed by atoms with Gasteiger partial charge >= 0.3 is 0 Å². The lowest BCUT2D eigenvalue weighted by Crippen LogP contribution is -2.21. The van der Waals surface area contributed by atoms with E-state index in [2.05, 4.69) is 76.7 Å². The highest BCUT2D eigenvalue weighted by Crippen LogP contribution is 2.21. The molecule has 0 radical (unpaired) electrons. The summed E-state index contributed by atoms with van der Waals surface area (Å²) in [6, 6.07) is 17.3. The summed E-state index contributed by atoms with van der Waals surface area (Å²) in [5.74, 6) is 0. The molecule has 0 amide bonds. The first-order valence-electron chi connectivity index (χ1n) is 7.29. The van der Waals surface area contributed by atoms with E-state index in [-0.39, 0.29) is 0 Å². The normalized spacial score (nSPS) is 12.3. The van der Waals surface area contributed by atoms with Gasteiger partial charge in [0, 0.05) is 24.2 Å². The van der Waals surface area contributed by atoms with Gasteiger partial charge in [-0.05, 0) is 35.2 Å². The van der Waals surface area contributed by atoms with Crippen LogP contribution < -0.4 is 5.32 Å². The molecule has 112 valence electrons. The third-order valence-corrected chi connectivity index (χ3v) is 4.11. The van der Waals surface area contributed by atoms with Crippen LogP contribution >= 0.6 is 15.9 Å². The number of rotatable bonds is 7. The van der Waals surface area contributed by atoms with Crippen molar-refractivity contribution in [1.82, 2.24) is 5.32 Å². The summed E-state index contributed by atoms with van der Waals surface area (Å²) < 4.78 is 6.39. The Balaban J connectivity index is 2.07. The zero-order valence-electron chi connectivity index (χ0n) is 12.6. The molecule has 0 aromatic heterocycles. The van der Waals surface area contributed by atoms with Crippen molar-refractivity contribution in [2.24, 2.45) is 0 Å². The molecule has 1 unspecified atom stereocenters. The molecule has 3 heteroatoms. The summed E-state index contributed by atoms with van der Waals surface area (Å²) in [5.41, 5.74) is 3.86. The van der Waals surface area contributed by atoms with Crippen molar-refractivity contribution in [2.45, 2.75) is 32.5 Å². The molecule has 0 bridgehead atoms. The van der Waals surface area contributed by atoms with Gasteiger partial charge in [0.2, 0.25) is 0 Å². The molecule has 0 saturated carbocycles. The van der Waals surface area contributed by atoms with Gasteiger partial charge in [-0.2, -0.15) is 0 Å². The third kappa shape index (κ3) is 4.67. The van der Waals surface area contributed by atoms with Crippen LogP contribution in [0.15, 0.2) is 53.0 Å². The van der Waals surface area contributed by atoms with Crippen LogP contribution in [0.5, 0.6) is 0 Å². The van der Waals surface area contributed by atoms with Gasteiger partial charge in [0.25, 0.3) is 0 Å². The number of ether oxygens (including phenoxy) is 1. The van der Waals surface area contributed by atoms with Crippen LogP contribution in [0.2, 0.25) is 0 Å². The average Bonchev–Trinajstić information content (AvgIpc) is 2.50. The van der Waals surface area contributed by atoms with Crippen molar-refractivity contribution in [3.63, 3.8) is 0 Å². The third-order valence-electron chi connectivity index (χ3n) is 3.62. The molecule has 2 aromatic rings. The second kappa shape index (κ2) is 8.32. The van der Waals surface area contributed by atoms with E-state index in [0.29, 0.717) is 12.6 Å². The van der Waals surface area contributed by atoms with E-state index in [1.807, 2.05) is 0 Å². The Labute approximate surface area is 135 Å². The molecular formula is C18H22BrNO. The van der Waals surface area contributed by atoms with E-state index in [4.69, 9.17) is 4.74 Å². The van der Waals surface area contributed by atoms with Crippen LogP contribution in [0, 0.1) is 0 Å². The van der Waals surface area contributed by atoms with Crippen LogP contribution in [-0.4, -0.2) is 7.11 Å². The van der Waals surface area contributed by atoms with Gasteiger partial charge < -0.3 is 10.1 Å². The Morgan fingerprint density at radius 3 is 2.52 bits per heavy atom. The molecule has 2 rings (SSSR count). The Bertz CT molecular complexity index is 571.